The van der Waals surface area contributed by atoms with Gasteiger partial charge in [0.2, 0.25) is 0 Å². The third kappa shape index (κ3) is 4.60. The molecular weight excluding hydrogens is 302 g/mol. The van der Waals surface area contributed by atoms with Crippen molar-refractivity contribution in [2.75, 3.05) is 6.61 Å². The van der Waals surface area contributed by atoms with Gasteiger partial charge in [-0.05, 0) is 59.1 Å². The van der Waals surface area contributed by atoms with E-state index < -0.39 is 11.3 Å². The number of amides is 1. The van der Waals surface area contributed by atoms with Gasteiger partial charge >= 0.3 is 6.09 Å². The summed E-state index contributed by atoms with van der Waals surface area (Å²) in [6.07, 6.45) is 2.59. The van der Waals surface area contributed by atoms with E-state index in [1.54, 1.807) is 4.90 Å². The molecule has 1 aromatic carbocycles. The second kappa shape index (κ2) is 6.98. The maximum Gasteiger partial charge on any atom is 0.412 e. The molecule has 1 fully saturated rings. The van der Waals surface area contributed by atoms with Gasteiger partial charge in [0.05, 0.1) is 12.6 Å². The Hall–Kier alpha value is -1.81. The van der Waals surface area contributed by atoms with Crippen molar-refractivity contribution in [3.63, 3.8) is 0 Å². The molecule has 1 aliphatic heterocycles. The third-order valence-corrected chi connectivity index (χ3v) is 4.09. The molecule has 1 amide bonds. The predicted molar refractivity (Wildman–Crippen MR) is 96.6 cm³/mol. The number of hydrogen-bond acceptors (Lipinski definition) is 3. The van der Waals surface area contributed by atoms with E-state index in [-0.39, 0.29) is 12.1 Å². The minimum atomic E-state index is -0.651. The Morgan fingerprint density at radius 1 is 1.33 bits per heavy atom. The standard InChI is InChI=1S/C20H29NO3/c1-15(16-10-8-7-9-11-16)12-13-17-14-23-20(5,6)21(17)18(22)24-19(2,3)4/h7-12,17H,13-14H2,1-6H3/b15-12+/t17-/m0/s1. The predicted octanol–water partition coefficient (Wildman–Crippen LogP) is 4.85. The second-order valence-corrected chi connectivity index (χ2v) is 7.75. The van der Waals surface area contributed by atoms with Crippen LogP contribution >= 0.6 is 0 Å². The summed E-state index contributed by atoms with van der Waals surface area (Å²) in [7, 11) is 0. The fourth-order valence-electron chi connectivity index (χ4n) is 2.87. The molecule has 1 atom stereocenters. The molecule has 4 heteroatoms. The van der Waals surface area contributed by atoms with Gasteiger partial charge in [-0.25, -0.2) is 4.79 Å². The normalized spacial score (nSPS) is 21.0. The van der Waals surface area contributed by atoms with Crippen LogP contribution in [0.2, 0.25) is 0 Å². The van der Waals surface area contributed by atoms with E-state index in [9.17, 15) is 4.79 Å². The van der Waals surface area contributed by atoms with Crippen molar-refractivity contribution in [2.24, 2.45) is 0 Å². The zero-order chi connectivity index (χ0) is 18.0. The van der Waals surface area contributed by atoms with Gasteiger partial charge in [0.25, 0.3) is 0 Å². The van der Waals surface area contributed by atoms with Crippen molar-refractivity contribution >= 4 is 11.7 Å². The second-order valence-electron chi connectivity index (χ2n) is 7.75. The molecule has 1 aromatic rings. The van der Waals surface area contributed by atoms with Gasteiger partial charge in [-0.2, -0.15) is 0 Å². The molecule has 0 aliphatic carbocycles. The van der Waals surface area contributed by atoms with Crippen molar-refractivity contribution in [2.45, 2.75) is 65.3 Å². The van der Waals surface area contributed by atoms with Gasteiger partial charge in [0.1, 0.15) is 11.3 Å². The SMILES string of the molecule is C/C(=C\C[C@H]1COC(C)(C)N1C(=O)OC(C)(C)C)c1ccccc1. The van der Waals surface area contributed by atoms with Crippen LogP contribution in [-0.2, 0) is 9.47 Å². The molecule has 0 radical (unpaired) electrons. The lowest BCUT2D eigenvalue weighted by Gasteiger charge is -2.35. The molecule has 24 heavy (non-hydrogen) atoms. The number of benzene rings is 1. The van der Waals surface area contributed by atoms with E-state index in [1.165, 1.54) is 11.1 Å². The van der Waals surface area contributed by atoms with Crippen molar-refractivity contribution in [3.8, 4) is 0 Å². The summed E-state index contributed by atoms with van der Waals surface area (Å²) in [4.78, 5) is 14.3. The summed E-state index contributed by atoms with van der Waals surface area (Å²) in [5.41, 5.74) is 1.22. The Morgan fingerprint density at radius 2 is 1.96 bits per heavy atom. The first-order valence-corrected chi connectivity index (χ1v) is 8.48. The Bertz CT molecular complexity index is 599. The molecule has 0 bridgehead atoms. The van der Waals surface area contributed by atoms with E-state index in [0.717, 1.165) is 6.42 Å². The lowest BCUT2D eigenvalue weighted by atomic mass is 10.0. The molecular formula is C20H29NO3. The lowest BCUT2D eigenvalue weighted by Crippen LogP contribution is -2.49. The van der Waals surface area contributed by atoms with Crippen molar-refractivity contribution < 1.29 is 14.3 Å². The first kappa shape index (κ1) is 18.5. The van der Waals surface area contributed by atoms with Gasteiger partial charge in [-0.15, -0.1) is 0 Å². The smallest absolute Gasteiger partial charge is 0.412 e. The van der Waals surface area contributed by atoms with E-state index >= 15 is 0 Å². The fourth-order valence-corrected chi connectivity index (χ4v) is 2.87. The van der Waals surface area contributed by atoms with Crippen LogP contribution in [0, 0.1) is 0 Å². The monoisotopic (exact) mass is 331 g/mol. The molecule has 0 spiro atoms. The summed E-state index contributed by atoms with van der Waals surface area (Å²) in [5.74, 6) is 0. The zero-order valence-electron chi connectivity index (χ0n) is 15.6. The average Bonchev–Trinajstić information content (AvgIpc) is 2.78. The molecule has 0 aromatic heterocycles. The Kier molecular flexibility index (Phi) is 5.38. The zero-order valence-corrected chi connectivity index (χ0v) is 15.6. The van der Waals surface area contributed by atoms with Crippen LogP contribution in [0.1, 0.15) is 53.5 Å². The number of allylic oxidation sites excluding steroid dienone is 1. The third-order valence-electron chi connectivity index (χ3n) is 4.09. The molecule has 0 N–H and O–H groups in total. The Morgan fingerprint density at radius 3 is 2.54 bits per heavy atom. The number of rotatable bonds is 3. The Balaban J connectivity index is 2.12. The summed E-state index contributed by atoms with van der Waals surface area (Å²) in [6.45, 7) is 12.1. The molecule has 1 heterocycles. The summed E-state index contributed by atoms with van der Waals surface area (Å²) < 4.78 is 11.4. The van der Waals surface area contributed by atoms with Crippen LogP contribution in [0.5, 0.6) is 0 Å². The molecule has 0 unspecified atom stereocenters. The van der Waals surface area contributed by atoms with Gasteiger partial charge in [-0.1, -0.05) is 36.4 Å². The number of carbonyl (C=O) groups is 1. The van der Waals surface area contributed by atoms with Crippen molar-refractivity contribution in [1.82, 2.24) is 4.90 Å². The number of nitrogens with zero attached hydrogens (tertiary/aromatic N) is 1. The van der Waals surface area contributed by atoms with Crippen LogP contribution in [0.15, 0.2) is 36.4 Å². The highest BCUT2D eigenvalue weighted by Crippen LogP contribution is 2.31. The topological polar surface area (TPSA) is 38.8 Å². The first-order valence-electron chi connectivity index (χ1n) is 8.48. The summed E-state index contributed by atoms with van der Waals surface area (Å²) in [5, 5.41) is 0. The highest BCUT2D eigenvalue weighted by Gasteiger charge is 2.45. The van der Waals surface area contributed by atoms with Crippen LogP contribution in [0.3, 0.4) is 0 Å². The van der Waals surface area contributed by atoms with E-state index in [1.807, 2.05) is 52.8 Å². The maximum atomic E-state index is 12.6. The first-order chi connectivity index (χ1) is 11.1. The minimum Gasteiger partial charge on any atom is -0.444 e. The largest absolute Gasteiger partial charge is 0.444 e. The van der Waals surface area contributed by atoms with Gasteiger partial charge in [0, 0.05) is 0 Å². The highest BCUT2D eigenvalue weighted by atomic mass is 16.6. The van der Waals surface area contributed by atoms with Crippen LogP contribution in [-0.4, -0.2) is 35.0 Å². The van der Waals surface area contributed by atoms with Gasteiger partial charge < -0.3 is 9.47 Å². The fraction of sp³-hybridized carbons (Fsp3) is 0.550. The highest BCUT2D eigenvalue weighted by molar-refractivity contribution is 5.70. The minimum absolute atomic E-state index is 0.0199. The maximum absolute atomic E-state index is 12.6. The number of carbonyl (C=O) groups excluding carboxylic acids is 1. The van der Waals surface area contributed by atoms with Crippen molar-refractivity contribution in [3.05, 3.63) is 42.0 Å². The van der Waals surface area contributed by atoms with Crippen LogP contribution in [0.4, 0.5) is 4.79 Å². The summed E-state index contributed by atoms with van der Waals surface area (Å²) >= 11 is 0. The molecule has 1 aliphatic rings. The lowest BCUT2D eigenvalue weighted by molar-refractivity contribution is -0.0623. The van der Waals surface area contributed by atoms with Crippen molar-refractivity contribution in [1.29, 1.82) is 0 Å². The molecule has 4 nitrogen and oxygen atoms in total. The quantitative estimate of drug-likeness (QED) is 0.794. The van der Waals surface area contributed by atoms with Crippen LogP contribution < -0.4 is 0 Å². The molecule has 132 valence electrons. The van der Waals surface area contributed by atoms with E-state index in [4.69, 9.17) is 9.47 Å². The summed E-state index contributed by atoms with van der Waals surface area (Å²) in [6, 6.07) is 10.2. The van der Waals surface area contributed by atoms with Gasteiger partial charge in [0.15, 0.2) is 0 Å². The number of hydrogen-bond donors (Lipinski definition) is 0. The van der Waals surface area contributed by atoms with Gasteiger partial charge in [-0.3, -0.25) is 4.90 Å². The van der Waals surface area contributed by atoms with E-state index in [0.29, 0.717) is 6.61 Å². The average molecular weight is 331 g/mol. The van der Waals surface area contributed by atoms with Crippen LogP contribution in [0.25, 0.3) is 5.57 Å². The molecule has 2 rings (SSSR count). The van der Waals surface area contributed by atoms with E-state index in [2.05, 4.69) is 25.1 Å². The number of ether oxygens (including phenoxy) is 2. The Labute approximate surface area is 145 Å². The molecule has 1 saturated heterocycles. The molecule has 0 saturated carbocycles.